The molecule has 0 aliphatic carbocycles. The van der Waals surface area contributed by atoms with Crippen molar-refractivity contribution in [1.29, 1.82) is 0 Å². The smallest absolute Gasteiger partial charge is 0.379 e. The quantitative estimate of drug-likeness (QED) is 0.326. The predicted molar refractivity (Wildman–Crippen MR) is 91.8 cm³/mol. The zero-order chi connectivity index (χ0) is 17.8. The van der Waals surface area contributed by atoms with Gasteiger partial charge in [0.15, 0.2) is 11.5 Å². The Morgan fingerprint density at radius 1 is 1.40 bits per heavy atom. The second-order valence-electron chi connectivity index (χ2n) is 4.91. The van der Waals surface area contributed by atoms with Crippen molar-refractivity contribution in [2.75, 3.05) is 7.11 Å². The van der Waals surface area contributed by atoms with Crippen molar-refractivity contribution in [2.24, 2.45) is 5.10 Å². The van der Waals surface area contributed by atoms with E-state index in [-0.39, 0.29) is 11.5 Å². The van der Waals surface area contributed by atoms with Crippen molar-refractivity contribution in [3.05, 3.63) is 58.5 Å². The predicted octanol–water partition coefficient (Wildman–Crippen LogP) is 2.95. The number of hydrogen-bond donors (Lipinski definition) is 1. The minimum atomic E-state index is -0.606. The van der Waals surface area contributed by atoms with Crippen molar-refractivity contribution >= 4 is 24.4 Å². The molecule has 0 unspecified atom stereocenters. The van der Waals surface area contributed by atoms with Gasteiger partial charge in [-0.05, 0) is 55.0 Å². The highest BCUT2D eigenvalue weighted by Gasteiger charge is 2.14. The lowest BCUT2D eigenvalue weighted by Gasteiger charge is -2.09. The molecular formula is C16H14N4O4S. The van der Waals surface area contributed by atoms with Gasteiger partial charge in [0.05, 0.1) is 19.6 Å². The molecule has 1 aromatic carbocycles. The largest absolute Gasteiger partial charge is 0.493 e. The Morgan fingerprint density at radius 2 is 2.24 bits per heavy atom. The summed E-state index contributed by atoms with van der Waals surface area (Å²) in [5.74, 6) is 0.799. The van der Waals surface area contributed by atoms with E-state index in [9.17, 15) is 4.79 Å². The molecule has 2 heterocycles. The van der Waals surface area contributed by atoms with Gasteiger partial charge >= 0.3 is 5.97 Å². The Morgan fingerprint density at radius 3 is 2.88 bits per heavy atom. The highest BCUT2D eigenvalue weighted by Crippen LogP contribution is 2.28. The topological polar surface area (TPSA) is 94.6 Å². The van der Waals surface area contributed by atoms with Crippen molar-refractivity contribution in [3.63, 3.8) is 0 Å². The fourth-order valence-corrected chi connectivity index (χ4v) is 2.25. The minimum Gasteiger partial charge on any atom is -0.493 e. The summed E-state index contributed by atoms with van der Waals surface area (Å²) in [4.78, 5) is 12.0. The number of benzene rings is 1. The molecule has 0 amide bonds. The molecule has 0 aliphatic heterocycles. The van der Waals surface area contributed by atoms with Crippen molar-refractivity contribution in [2.45, 2.75) is 6.92 Å². The molecule has 3 rings (SSSR count). The third-order valence-electron chi connectivity index (χ3n) is 3.25. The first-order valence-electron chi connectivity index (χ1n) is 7.20. The number of aromatic amines is 1. The van der Waals surface area contributed by atoms with Gasteiger partial charge < -0.3 is 13.9 Å². The van der Waals surface area contributed by atoms with E-state index < -0.39 is 5.97 Å². The molecule has 0 bridgehead atoms. The minimum absolute atomic E-state index is 0.109. The Balaban J connectivity index is 1.82. The Bertz CT molecular complexity index is 972. The van der Waals surface area contributed by atoms with E-state index in [4.69, 9.17) is 26.1 Å². The number of hydrogen-bond acceptors (Lipinski definition) is 7. The summed E-state index contributed by atoms with van der Waals surface area (Å²) in [7, 11) is 1.48. The maximum absolute atomic E-state index is 12.0. The fraction of sp³-hybridized carbons (Fsp3) is 0.125. The number of carbonyl (C=O) groups is 1. The lowest BCUT2D eigenvalue weighted by molar-refractivity contribution is 0.0696. The van der Waals surface area contributed by atoms with E-state index in [0.29, 0.717) is 16.3 Å². The van der Waals surface area contributed by atoms with E-state index in [1.54, 1.807) is 37.4 Å². The van der Waals surface area contributed by atoms with Gasteiger partial charge in [-0.25, -0.2) is 4.79 Å². The first-order chi connectivity index (χ1) is 12.1. The van der Waals surface area contributed by atoms with E-state index in [1.165, 1.54) is 24.1 Å². The SMILES string of the molecule is COc1cc(/C=N\n2c(C)n[nH]c2=S)ccc1OC(=O)c1ccco1. The van der Waals surface area contributed by atoms with E-state index in [0.717, 1.165) is 5.56 Å². The van der Waals surface area contributed by atoms with Crippen LogP contribution in [0.2, 0.25) is 0 Å². The third kappa shape index (κ3) is 3.66. The summed E-state index contributed by atoms with van der Waals surface area (Å²) in [6, 6.07) is 8.16. The second-order valence-corrected chi connectivity index (χ2v) is 5.30. The first-order valence-corrected chi connectivity index (χ1v) is 7.61. The molecule has 8 nitrogen and oxygen atoms in total. The van der Waals surface area contributed by atoms with Crippen LogP contribution < -0.4 is 9.47 Å². The van der Waals surface area contributed by atoms with Crippen LogP contribution in [0.3, 0.4) is 0 Å². The summed E-state index contributed by atoms with van der Waals surface area (Å²) in [6.45, 7) is 1.78. The number of carbonyl (C=O) groups excluding carboxylic acids is 1. The number of esters is 1. The van der Waals surface area contributed by atoms with Gasteiger partial charge in [0.25, 0.3) is 0 Å². The molecule has 0 atom stereocenters. The van der Waals surface area contributed by atoms with Gasteiger partial charge in [0.1, 0.15) is 5.82 Å². The molecule has 0 spiro atoms. The van der Waals surface area contributed by atoms with Crippen LogP contribution in [-0.2, 0) is 0 Å². The lowest BCUT2D eigenvalue weighted by atomic mass is 10.2. The maximum atomic E-state index is 12.0. The van der Waals surface area contributed by atoms with E-state index in [1.807, 2.05) is 0 Å². The molecule has 2 aromatic heterocycles. The van der Waals surface area contributed by atoms with Crippen LogP contribution in [0, 0.1) is 11.7 Å². The highest BCUT2D eigenvalue weighted by atomic mass is 32.1. The van der Waals surface area contributed by atoms with E-state index >= 15 is 0 Å². The molecule has 0 saturated carbocycles. The monoisotopic (exact) mass is 358 g/mol. The second kappa shape index (κ2) is 7.14. The normalized spacial score (nSPS) is 11.0. The number of H-pyrrole nitrogens is 1. The van der Waals surface area contributed by atoms with Gasteiger partial charge in [-0.3, -0.25) is 5.10 Å². The van der Waals surface area contributed by atoms with Crippen molar-refractivity contribution in [3.8, 4) is 11.5 Å². The summed E-state index contributed by atoms with van der Waals surface area (Å²) < 4.78 is 17.5. The number of furan rings is 1. The van der Waals surface area contributed by atoms with Gasteiger partial charge in [0, 0.05) is 0 Å². The van der Waals surface area contributed by atoms with Crippen LogP contribution in [0.15, 0.2) is 46.1 Å². The molecule has 3 aromatic rings. The molecule has 1 N–H and O–H groups in total. The number of rotatable bonds is 5. The van der Waals surface area contributed by atoms with Crippen molar-refractivity contribution in [1.82, 2.24) is 14.9 Å². The zero-order valence-electron chi connectivity index (χ0n) is 13.4. The summed E-state index contributed by atoms with van der Waals surface area (Å²) in [5, 5.41) is 10.9. The molecule has 0 fully saturated rings. The van der Waals surface area contributed by atoms with Gasteiger partial charge in [-0.2, -0.15) is 14.9 Å². The average Bonchev–Trinajstić information content (AvgIpc) is 3.25. The average molecular weight is 358 g/mol. The number of aryl methyl sites for hydroxylation is 1. The number of methoxy groups -OCH3 is 1. The molecule has 128 valence electrons. The number of nitrogens with zero attached hydrogens (tertiary/aromatic N) is 3. The van der Waals surface area contributed by atoms with Gasteiger partial charge in [-0.1, -0.05) is 0 Å². The fourth-order valence-electron chi connectivity index (χ4n) is 2.02. The zero-order valence-corrected chi connectivity index (χ0v) is 14.2. The molecule has 0 aliphatic rings. The van der Waals surface area contributed by atoms with Gasteiger partial charge in [0.2, 0.25) is 10.5 Å². The van der Waals surface area contributed by atoms with Crippen LogP contribution >= 0.6 is 12.2 Å². The van der Waals surface area contributed by atoms with Crippen LogP contribution in [0.25, 0.3) is 0 Å². The highest BCUT2D eigenvalue weighted by molar-refractivity contribution is 7.71. The van der Waals surface area contributed by atoms with Crippen molar-refractivity contribution < 1.29 is 18.7 Å². The Hall–Kier alpha value is -3.20. The van der Waals surface area contributed by atoms with Crippen LogP contribution in [0.4, 0.5) is 0 Å². The van der Waals surface area contributed by atoms with Gasteiger partial charge in [-0.15, -0.1) is 0 Å². The summed E-state index contributed by atoms with van der Waals surface area (Å²) in [5.41, 5.74) is 0.733. The third-order valence-corrected chi connectivity index (χ3v) is 3.51. The Labute approximate surface area is 147 Å². The molecule has 0 radical (unpaired) electrons. The standard InChI is InChI=1S/C16H14N4O4S/c1-10-18-19-16(25)20(10)17-9-11-5-6-12(14(8-11)22-2)24-15(21)13-4-3-7-23-13/h3-9H,1-2H3,(H,19,25)/b17-9-. The maximum Gasteiger partial charge on any atom is 0.379 e. The molecule has 0 saturated heterocycles. The number of aromatic nitrogens is 3. The molecule has 25 heavy (non-hydrogen) atoms. The molecule has 9 heteroatoms. The number of nitrogens with one attached hydrogen (secondary N) is 1. The number of ether oxygens (including phenoxy) is 2. The first kappa shape index (κ1) is 16.7. The summed E-state index contributed by atoms with van der Waals surface area (Å²) in [6.07, 6.45) is 3.00. The van der Waals surface area contributed by atoms with Crippen LogP contribution in [0.1, 0.15) is 21.9 Å². The van der Waals surface area contributed by atoms with Crippen LogP contribution in [-0.4, -0.2) is 34.2 Å². The van der Waals surface area contributed by atoms with E-state index in [2.05, 4.69) is 15.3 Å². The lowest BCUT2D eigenvalue weighted by Crippen LogP contribution is -2.08. The molecular weight excluding hydrogens is 344 g/mol. The summed E-state index contributed by atoms with van der Waals surface area (Å²) >= 11 is 5.08. The Kier molecular flexibility index (Phi) is 4.75. The van der Waals surface area contributed by atoms with Crippen LogP contribution in [0.5, 0.6) is 11.5 Å².